The van der Waals surface area contributed by atoms with Gasteiger partial charge in [0.05, 0.1) is 16.6 Å². The van der Waals surface area contributed by atoms with Gasteiger partial charge in [0.25, 0.3) is 5.91 Å². The zero-order valence-corrected chi connectivity index (χ0v) is 25.7. The highest BCUT2D eigenvalue weighted by molar-refractivity contribution is 7.86. The van der Waals surface area contributed by atoms with Gasteiger partial charge in [-0.3, -0.25) is 18.7 Å². The van der Waals surface area contributed by atoms with Crippen LogP contribution in [0.15, 0.2) is 83.6 Å². The smallest absolute Gasteiger partial charge is 0.408 e. The number of likely N-dealkylation sites (tertiary alicyclic amines) is 1. The lowest BCUT2D eigenvalue weighted by atomic mass is 10.00. The monoisotopic (exact) mass is 617 g/mol. The maximum Gasteiger partial charge on any atom is 0.408 e. The minimum atomic E-state index is -1.69. The molecular formula is C33H35N3O7S. The zero-order valence-electron chi connectivity index (χ0n) is 24.9. The van der Waals surface area contributed by atoms with Gasteiger partial charge in [-0.2, -0.15) is 0 Å². The van der Waals surface area contributed by atoms with Gasteiger partial charge >= 0.3 is 12.1 Å². The van der Waals surface area contributed by atoms with Crippen LogP contribution in [0.2, 0.25) is 0 Å². The molecule has 4 aliphatic rings. The van der Waals surface area contributed by atoms with Crippen molar-refractivity contribution in [1.29, 1.82) is 0 Å². The highest BCUT2D eigenvalue weighted by Gasteiger charge is 2.58. The summed E-state index contributed by atoms with van der Waals surface area (Å²) in [4.78, 5) is 56.4. The van der Waals surface area contributed by atoms with Gasteiger partial charge in [-0.25, -0.2) is 9.59 Å². The van der Waals surface area contributed by atoms with Gasteiger partial charge in [0, 0.05) is 18.2 Å². The van der Waals surface area contributed by atoms with Crippen molar-refractivity contribution in [2.24, 2.45) is 0 Å². The molecule has 1 aliphatic carbocycles. The quantitative estimate of drug-likeness (QED) is 0.286. The van der Waals surface area contributed by atoms with Crippen molar-refractivity contribution in [2.75, 3.05) is 12.3 Å². The van der Waals surface area contributed by atoms with Crippen LogP contribution in [0.5, 0.6) is 0 Å². The van der Waals surface area contributed by atoms with E-state index in [-0.39, 0.29) is 23.4 Å². The van der Waals surface area contributed by atoms with Crippen molar-refractivity contribution in [3.8, 4) is 0 Å². The molecule has 2 aromatic carbocycles. The number of allylic oxidation sites excluding steroid dienone is 1. The average molecular weight is 618 g/mol. The molecule has 3 fully saturated rings. The van der Waals surface area contributed by atoms with Crippen LogP contribution >= 0.6 is 0 Å². The lowest BCUT2D eigenvalue weighted by Crippen LogP contribution is -2.73. The molecule has 1 N–H and O–H groups in total. The van der Waals surface area contributed by atoms with E-state index >= 15 is 0 Å². The number of β-lactam (4-membered cyclic amide) rings is 1. The summed E-state index contributed by atoms with van der Waals surface area (Å²) in [5, 5.41) is 1.54. The second kappa shape index (κ2) is 11.7. The van der Waals surface area contributed by atoms with Gasteiger partial charge < -0.3 is 19.7 Å². The predicted molar refractivity (Wildman–Crippen MR) is 162 cm³/mol. The fraction of sp³-hybridized carbons (Fsp3) is 0.394. The van der Waals surface area contributed by atoms with Crippen LogP contribution < -0.4 is 5.32 Å². The molecule has 2 saturated heterocycles. The van der Waals surface area contributed by atoms with Crippen molar-refractivity contribution in [3.63, 3.8) is 0 Å². The molecule has 3 amide bonds. The van der Waals surface area contributed by atoms with Crippen molar-refractivity contribution >= 4 is 34.7 Å². The minimum absolute atomic E-state index is 0.0659. The number of carbonyl (C=O) groups is 4. The number of nitrogens with zero attached hydrogens (tertiary/aromatic N) is 2. The molecule has 0 aromatic heterocycles. The Kier molecular flexibility index (Phi) is 7.91. The normalized spacial score (nSPS) is 24.4. The molecule has 3 atom stereocenters. The molecule has 3 heterocycles. The summed E-state index contributed by atoms with van der Waals surface area (Å²) < 4.78 is 25.0. The van der Waals surface area contributed by atoms with E-state index in [0.29, 0.717) is 24.1 Å². The second-order valence-electron chi connectivity index (χ2n) is 12.4. The van der Waals surface area contributed by atoms with Crippen LogP contribution in [0.1, 0.15) is 57.3 Å². The van der Waals surface area contributed by atoms with Gasteiger partial charge in [-0.1, -0.05) is 60.7 Å². The summed E-state index contributed by atoms with van der Waals surface area (Å²) >= 11 is 0. The average Bonchev–Trinajstić information content (AvgIpc) is 3.77. The molecule has 44 heavy (non-hydrogen) atoms. The van der Waals surface area contributed by atoms with E-state index in [0.717, 1.165) is 28.9 Å². The molecule has 6 rings (SSSR count). The maximum atomic E-state index is 14.2. The van der Waals surface area contributed by atoms with E-state index in [1.807, 2.05) is 65.6 Å². The van der Waals surface area contributed by atoms with Gasteiger partial charge in [-0.15, -0.1) is 0 Å². The largest absolute Gasteiger partial charge is 0.448 e. The van der Waals surface area contributed by atoms with Gasteiger partial charge in [0.1, 0.15) is 22.7 Å². The van der Waals surface area contributed by atoms with Crippen LogP contribution in [-0.2, 0) is 34.7 Å². The van der Waals surface area contributed by atoms with Gasteiger partial charge in [0.15, 0.2) is 6.10 Å². The molecule has 0 bridgehead atoms. The third-order valence-corrected chi connectivity index (χ3v) is 9.56. The lowest BCUT2D eigenvalue weighted by Gasteiger charge is -2.49. The summed E-state index contributed by atoms with van der Waals surface area (Å²) in [5.41, 5.74) is 1.40. The minimum Gasteiger partial charge on any atom is -0.448 e. The van der Waals surface area contributed by atoms with Gasteiger partial charge in [0.2, 0.25) is 5.91 Å². The number of fused-ring (bicyclic) bond motifs is 1. The second-order valence-corrected chi connectivity index (χ2v) is 13.9. The lowest BCUT2D eigenvalue weighted by molar-refractivity contribution is -0.153. The Morgan fingerprint density at radius 2 is 1.61 bits per heavy atom. The first-order valence-electron chi connectivity index (χ1n) is 14.8. The summed E-state index contributed by atoms with van der Waals surface area (Å²) in [5.74, 6) is -1.59. The number of esters is 1. The number of benzene rings is 2. The SMILES string of the molecule is CC(C)(C)OC(=O)N[C@@H]1C(=O)N2C(C(=O)OC(c3ccccc3)c3ccccc3)=C(/C=C3/CCN(C4CC4)C3=O)C[S@@](=O)[C@H]12. The van der Waals surface area contributed by atoms with E-state index < -0.39 is 51.9 Å². The van der Waals surface area contributed by atoms with Crippen molar-refractivity contribution in [3.05, 3.63) is 94.7 Å². The molecule has 0 unspecified atom stereocenters. The van der Waals surface area contributed by atoms with Crippen LogP contribution in [-0.4, -0.2) is 73.2 Å². The number of ether oxygens (including phenoxy) is 2. The number of amides is 3. The highest BCUT2D eigenvalue weighted by Crippen LogP contribution is 2.39. The highest BCUT2D eigenvalue weighted by atomic mass is 32.2. The Balaban J connectivity index is 1.36. The third kappa shape index (κ3) is 5.93. The Morgan fingerprint density at radius 1 is 1.00 bits per heavy atom. The van der Waals surface area contributed by atoms with E-state index in [4.69, 9.17) is 9.47 Å². The first-order valence-corrected chi connectivity index (χ1v) is 16.2. The Morgan fingerprint density at radius 3 is 2.18 bits per heavy atom. The first kappa shape index (κ1) is 29.8. The summed E-state index contributed by atoms with van der Waals surface area (Å²) in [6.07, 6.45) is 2.43. The van der Waals surface area contributed by atoms with Crippen molar-refractivity contribution in [2.45, 2.75) is 69.2 Å². The third-order valence-electron chi connectivity index (χ3n) is 7.94. The number of hydrogen-bond acceptors (Lipinski definition) is 7. The maximum absolute atomic E-state index is 14.2. The van der Waals surface area contributed by atoms with Crippen molar-refractivity contribution in [1.82, 2.24) is 15.1 Å². The molecular weight excluding hydrogens is 582 g/mol. The van der Waals surface area contributed by atoms with Crippen LogP contribution in [0.25, 0.3) is 0 Å². The van der Waals surface area contributed by atoms with E-state index in [2.05, 4.69) is 5.32 Å². The van der Waals surface area contributed by atoms with Crippen LogP contribution in [0.4, 0.5) is 4.79 Å². The summed E-state index contributed by atoms with van der Waals surface area (Å²) in [6.45, 7) is 5.67. The molecule has 10 nitrogen and oxygen atoms in total. The number of nitrogens with one attached hydrogen (secondary N) is 1. The van der Waals surface area contributed by atoms with Crippen LogP contribution in [0, 0.1) is 0 Å². The number of rotatable bonds is 7. The Labute approximate surface area is 258 Å². The zero-order chi connectivity index (χ0) is 31.2. The van der Waals surface area contributed by atoms with Crippen LogP contribution in [0.3, 0.4) is 0 Å². The van der Waals surface area contributed by atoms with Crippen molar-refractivity contribution < 1.29 is 32.9 Å². The predicted octanol–water partition coefficient (Wildman–Crippen LogP) is 3.72. The summed E-state index contributed by atoms with van der Waals surface area (Å²) in [7, 11) is -1.69. The molecule has 0 spiro atoms. The molecule has 3 aliphatic heterocycles. The Hall–Kier alpha value is -4.25. The first-order chi connectivity index (χ1) is 21.0. The molecule has 2 aromatic rings. The summed E-state index contributed by atoms with van der Waals surface area (Å²) in [6, 6.07) is 17.6. The molecule has 1 saturated carbocycles. The molecule has 0 radical (unpaired) electrons. The topological polar surface area (TPSA) is 122 Å². The number of hydrogen-bond donors (Lipinski definition) is 1. The van der Waals surface area contributed by atoms with Gasteiger partial charge in [-0.05, 0) is 62.8 Å². The van der Waals surface area contributed by atoms with E-state index in [1.165, 1.54) is 0 Å². The number of alkyl carbamates (subject to hydrolysis) is 1. The standard InChI is InChI=1S/C33H35N3O7S/c1-33(2,3)43-32(40)34-25-29(38)36-26(31(39)42-27(20-10-6-4-7-11-20)21-12-8-5-9-13-21)23(19-44(41)30(25)36)18-22-16-17-35(28(22)37)24-14-15-24/h4-13,18,24-25,27,30H,14-17,19H2,1-3H3,(H,34,40)/b22-18-/t25-,30-,44-/m1/s1. The molecule has 230 valence electrons. The number of carbonyl (C=O) groups excluding carboxylic acids is 4. The van der Waals surface area contributed by atoms with E-state index in [9.17, 15) is 23.4 Å². The fourth-order valence-corrected chi connectivity index (χ4v) is 7.43. The molecule has 11 heteroatoms. The fourth-order valence-electron chi connectivity index (χ4n) is 5.80. The Bertz CT molecular complexity index is 1540. The van der Waals surface area contributed by atoms with E-state index in [1.54, 1.807) is 26.8 Å².